The summed E-state index contributed by atoms with van der Waals surface area (Å²) in [6.45, 7) is 5.02. The maximum absolute atomic E-state index is 12.6. The van der Waals surface area contributed by atoms with Gasteiger partial charge in [0.25, 0.3) is 0 Å². The molecule has 2 aromatic rings. The number of piperazine rings is 1. The molecule has 172 valence electrons. The fourth-order valence-electron chi connectivity index (χ4n) is 3.89. The summed E-state index contributed by atoms with van der Waals surface area (Å²) in [7, 11) is -3.47. The highest BCUT2D eigenvalue weighted by Crippen LogP contribution is 2.24. The molecule has 0 aromatic heterocycles. The number of ketones is 1. The largest absolute Gasteiger partial charge is 0.376 e. The number of unbranched alkanes of at least 4 members (excludes halogenated alkanes) is 1. The molecule has 1 aliphatic heterocycles. The summed E-state index contributed by atoms with van der Waals surface area (Å²) in [5.41, 5.74) is 7.46. The Labute approximate surface area is 195 Å². The van der Waals surface area contributed by atoms with E-state index >= 15 is 0 Å². The topological polar surface area (TPSA) is 95.7 Å². The second-order valence-corrected chi connectivity index (χ2v) is 10.4. The Morgan fingerprint density at radius 1 is 1.06 bits per heavy atom. The summed E-state index contributed by atoms with van der Waals surface area (Å²) in [6, 6.07) is 14.9. The number of nitrogens with two attached hydrogens (primary N) is 1. The van der Waals surface area contributed by atoms with Crippen LogP contribution in [0.2, 0.25) is 0 Å². The molecule has 1 fully saturated rings. The smallest absolute Gasteiger partial charge is 0.177 e. The highest BCUT2D eigenvalue weighted by atomic mass is 32.2. The number of hydrogen-bond donors (Lipinski definition) is 2. The number of benzene rings is 2. The molecule has 0 radical (unpaired) electrons. The third-order valence-electron chi connectivity index (χ3n) is 5.58. The molecule has 3 rings (SSSR count). The van der Waals surface area contributed by atoms with E-state index in [0.29, 0.717) is 12.0 Å². The van der Waals surface area contributed by atoms with Crippen LogP contribution in [0.3, 0.4) is 0 Å². The average Bonchev–Trinajstić information content (AvgIpc) is 2.76. The zero-order valence-corrected chi connectivity index (χ0v) is 19.9. The van der Waals surface area contributed by atoms with E-state index in [1.54, 1.807) is 6.07 Å². The minimum atomic E-state index is -3.47. The van der Waals surface area contributed by atoms with Crippen molar-refractivity contribution in [3.63, 3.8) is 0 Å². The van der Waals surface area contributed by atoms with Gasteiger partial charge in [-0.05, 0) is 61.9 Å². The lowest BCUT2D eigenvalue weighted by Gasteiger charge is -2.36. The minimum absolute atomic E-state index is 0.0232. The minimum Gasteiger partial charge on any atom is -0.376 e. The Bertz CT molecular complexity index is 1050. The third-order valence-corrected chi connectivity index (χ3v) is 6.84. The van der Waals surface area contributed by atoms with E-state index in [-0.39, 0.29) is 21.5 Å². The predicted molar refractivity (Wildman–Crippen MR) is 133 cm³/mol. The number of thiocarbonyl (C=S) groups is 1. The number of nitrogens with zero attached hydrogens (tertiary/aromatic N) is 2. The van der Waals surface area contributed by atoms with Gasteiger partial charge in [0.2, 0.25) is 0 Å². The number of anilines is 2. The summed E-state index contributed by atoms with van der Waals surface area (Å²) in [6.07, 6.45) is 3.24. The van der Waals surface area contributed by atoms with Gasteiger partial charge in [-0.25, -0.2) is 8.42 Å². The first-order chi connectivity index (χ1) is 15.2. The van der Waals surface area contributed by atoms with E-state index in [9.17, 15) is 13.2 Å². The van der Waals surface area contributed by atoms with Gasteiger partial charge in [-0.1, -0.05) is 18.2 Å². The molecule has 0 unspecified atom stereocenters. The van der Waals surface area contributed by atoms with Crippen LogP contribution in [0.15, 0.2) is 53.4 Å². The first kappa shape index (κ1) is 24.2. The Kier molecular flexibility index (Phi) is 8.22. The number of rotatable bonds is 9. The van der Waals surface area contributed by atoms with Crippen molar-refractivity contribution in [1.29, 1.82) is 0 Å². The second kappa shape index (κ2) is 10.9. The zero-order valence-electron chi connectivity index (χ0n) is 18.3. The Hall–Kier alpha value is -2.49. The van der Waals surface area contributed by atoms with E-state index in [2.05, 4.69) is 39.4 Å². The van der Waals surface area contributed by atoms with Gasteiger partial charge in [-0.3, -0.25) is 9.69 Å². The van der Waals surface area contributed by atoms with Crippen molar-refractivity contribution < 1.29 is 13.2 Å². The van der Waals surface area contributed by atoms with Crippen LogP contribution in [0.4, 0.5) is 11.4 Å². The molecule has 1 saturated heterocycles. The highest BCUT2D eigenvalue weighted by molar-refractivity contribution is 7.90. The zero-order chi connectivity index (χ0) is 23.1. The lowest BCUT2D eigenvalue weighted by molar-refractivity contribution is 0.0977. The van der Waals surface area contributed by atoms with Gasteiger partial charge in [0, 0.05) is 50.1 Å². The van der Waals surface area contributed by atoms with Crippen LogP contribution in [0.5, 0.6) is 0 Å². The number of nitrogens with one attached hydrogen (secondary N) is 1. The number of hydrogen-bond acceptors (Lipinski definition) is 6. The van der Waals surface area contributed by atoms with Crippen LogP contribution >= 0.6 is 12.2 Å². The third kappa shape index (κ3) is 6.75. The number of Topliss-reactive ketones (excluding diaryl/α,β-unsaturated/α-hetero) is 1. The van der Waals surface area contributed by atoms with Crippen molar-refractivity contribution in [2.75, 3.05) is 49.2 Å². The quantitative estimate of drug-likeness (QED) is 0.325. The average molecular weight is 475 g/mol. The van der Waals surface area contributed by atoms with Crippen LogP contribution < -0.4 is 16.0 Å². The molecule has 0 spiro atoms. The first-order valence-electron chi connectivity index (χ1n) is 10.7. The molecule has 3 N–H and O–H groups in total. The SMILES string of the molecule is CS(=O)(=O)c1ccc(C(=O)CCCCN2CCN(c3ccccc3)CC2)cc1NC(N)=S. The van der Waals surface area contributed by atoms with Gasteiger partial charge < -0.3 is 16.0 Å². The fourth-order valence-corrected chi connectivity index (χ4v) is 4.83. The van der Waals surface area contributed by atoms with Gasteiger partial charge in [-0.2, -0.15) is 0 Å². The summed E-state index contributed by atoms with van der Waals surface area (Å²) < 4.78 is 23.9. The molecule has 0 aliphatic carbocycles. The molecule has 0 amide bonds. The maximum atomic E-state index is 12.6. The van der Waals surface area contributed by atoms with Gasteiger partial charge in [0.1, 0.15) is 0 Å². The van der Waals surface area contributed by atoms with E-state index < -0.39 is 9.84 Å². The van der Waals surface area contributed by atoms with Crippen molar-refractivity contribution in [3.05, 3.63) is 54.1 Å². The summed E-state index contributed by atoms with van der Waals surface area (Å²) in [4.78, 5) is 17.5. The van der Waals surface area contributed by atoms with Gasteiger partial charge >= 0.3 is 0 Å². The fraction of sp³-hybridized carbons (Fsp3) is 0.391. The lowest BCUT2D eigenvalue weighted by Crippen LogP contribution is -2.46. The van der Waals surface area contributed by atoms with E-state index in [1.165, 1.54) is 17.8 Å². The van der Waals surface area contributed by atoms with Crippen molar-refractivity contribution >= 4 is 44.3 Å². The molecular formula is C23H30N4O3S2. The number of para-hydroxylation sites is 1. The van der Waals surface area contributed by atoms with Gasteiger partial charge in [-0.15, -0.1) is 0 Å². The molecule has 7 nitrogen and oxygen atoms in total. The number of carbonyl (C=O) groups excluding carboxylic acids is 1. The summed E-state index contributed by atoms with van der Waals surface area (Å²) in [5, 5.41) is 2.62. The Balaban J connectivity index is 1.46. The van der Waals surface area contributed by atoms with Crippen LogP contribution in [0.1, 0.15) is 29.6 Å². The molecular weight excluding hydrogens is 444 g/mol. The van der Waals surface area contributed by atoms with Crippen LogP contribution in [-0.2, 0) is 9.84 Å². The Morgan fingerprint density at radius 3 is 2.38 bits per heavy atom. The van der Waals surface area contributed by atoms with Gasteiger partial charge in [0.05, 0.1) is 10.6 Å². The van der Waals surface area contributed by atoms with Crippen molar-refractivity contribution in [2.24, 2.45) is 5.73 Å². The maximum Gasteiger partial charge on any atom is 0.177 e. The number of carbonyl (C=O) groups is 1. The Morgan fingerprint density at radius 2 is 1.75 bits per heavy atom. The molecule has 1 heterocycles. The standard InChI is InChI=1S/C23H30N4O3S2/c1-32(29,30)22-11-10-18(17-20(22)25-23(24)31)21(28)9-5-6-12-26-13-15-27(16-14-26)19-7-3-2-4-8-19/h2-4,7-8,10-11,17H,5-6,9,12-16H2,1H3,(H3,24,25,31). The van der Waals surface area contributed by atoms with Crippen LogP contribution in [0.25, 0.3) is 0 Å². The molecule has 0 saturated carbocycles. The molecule has 1 aliphatic rings. The lowest BCUT2D eigenvalue weighted by atomic mass is 10.0. The molecule has 0 bridgehead atoms. The molecule has 32 heavy (non-hydrogen) atoms. The van der Waals surface area contributed by atoms with Crippen LogP contribution in [0, 0.1) is 0 Å². The predicted octanol–water partition coefficient (Wildman–Crippen LogP) is 2.92. The molecule has 2 aromatic carbocycles. The molecule has 9 heteroatoms. The number of sulfone groups is 1. The summed E-state index contributed by atoms with van der Waals surface area (Å²) >= 11 is 4.83. The van der Waals surface area contributed by atoms with E-state index in [1.807, 2.05) is 6.07 Å². The second-order valence-electron chi connectivity index (χ2n) is 8.02. The first-order valence-corrected chi connectivity index (χ1v) is 13.0. The summed E-state index contributed by atoms with van der Waals surface area (Å²) in [5.74, 6) is -0.0232. The van der Waals surface area contributed by atoms with Crippen molar-refractivity contribution in [1.82, 2.24) is 4.90 Å². The van der Waals surface area contributed by atoms with E-state index in [4.69, 9.17) is 18.0 Å². The van der Waals surface area contributed by atoms with E-state index in [0.717, 1.165) is 51.8 Å². The normalized spacial score (nSPS) is 14.8. The van der Waals surface area contributed by atoms with Crippen molar-refractivity contribution in [3.8, 4) is 0 Å². The molecule has 0 atom stereocenters. The highest BCUT2D eigenvalue weighted by Gasteiger charge is 2.18. The monoisotopic (exact) mass is 474 g/mol. The van der Waals surface area contributed by atoms with Gasteiger partial charge in [0.15, 0.2) is 20.7 Å². The van der Waals surface area contributed by atoms with Crippen molar-refractivity contribution in [2.45, 2.75) is 24.2 Å². The van der Waals surface area contributed by atoms with Crippen LogP contribution in [-0.4, -0.2) is 63.2 Å².